The van der Waals surface area contributed by atoms with Crippen molar-refractivity contribution in [2.45, 2.75) is 24.7 Å². The van der Waals surface area contributed by atoms with Crippen LogP contribution in [-0.2, 0) is 9.47 Å². The van der Waals surface area contributed by atoms with Gasteiger partial charge in [0.1, 0.15) is 6.10 Å². The first kappa shape index (κ1) is 17.7. The van der Waals surface area contributed by atoms with Gasteiger partial charge in [0.25, 0.3) is 0 Å². The van der Waals surface area contributed by atoms with Gasteiger partial charge in [0.05, 0.1) is 24.1 Å². The van der Waals surface area contributed by atoms with Crippen molar-refractivity contribution in [1.29, 1.82) is 21.2 Å². The molecule has 2 aliphatic heterocycles. The third-order valence-electron chi connectivity index (χ3n) is 5.64. The number of rotatable bonds is 2. The van der Waals surface area contributed by atoms with Crippen LogP contribution in [0.5, 0.6) is 0 Å². The highest BCUT2D eigenvalue weighted by atomic mass is 16.7. The Morgan fingerprint density at radius 2 is 1.68 bits per heavy atom. The second-order valence-corrected chi connectivity index (χ2v) is 7.03. The van der Waals surface area contributed by atoms with Gasteiger partial charge in [0.15, 0.2) is 5.41 Å². The van der Waals surface area contributed by atoms with E-state index in [1.807, 2.05) is 18.2 Å². The second kappa shape index (κ2) is 5.89. The largest absolute Gasteiger partial charge is 0.447 e. The number of ether oxygens (including phenoxy) is 2. The molecule has 0 spiro atoms. The summed E-state index contributed by atoms with van der Waals surface area (Å²) in [4.78, 5) is 4.06. The second-order valence-electron chi connectivity index (χ2n) is 7.03. The van der Waals surface area contributed by atoms with Crippen LogP contribution in [0, 0.1) is 50.2 Å². The molecule has 4 rings (SSSR count). The summed E-state index contributed by atoms with van der Waals surface area (Å²) in [5.41, 5.74) is -2.71. The van der Waals surface area contributed by atoms with E-state index in [9.17, 15) is 15.8 Å². The van der Waals surface area contributed by atoms with E-state index in [0.717, 1.165) is 0 Å². The number of fused-ring (bicyclic) bond motifs is 2. The maximum Gasteiger partial charge on any atom is 0.218 e. The van der Waals surface area contributed by atoms with Crippen molar-refractivity contribution in [1.82, 2.24) is 4.98 Å². The molecule has 0 saturated carbocycles. The molecule has 28 heavy (non-hydrogen) atoms. The topological polar surface area (TPSA) is 127 Å². The van der Waals surface area contributed by atoms with Crippen molar-refractivity contribution >= 4 is 5.90 Å². The predicted octanol–water partition coefficient (Wildman–Crippen LogP) is 3.20. The van der Waals surface area contributed by atoms with Gasteiger partial charge in [-0.15, -0.1) is 0 Å². The molecule has 4 atom stereocenters. The standard InChI is InChI=1S/C21H15N5O2/c1-19-16(14-6-3-2-4-7-14)21(13-24,18(25)28-19)20(11-22,12-23)17(27-19)15-8-5-9-26-10-15/h2-10,16-17,25H,1H3/t16-,17-,19-,21-/m1/s1. The molecule has 2 aliphatic rings. The van der Waals surface area contributed by atoms with Crippen LogP contribution in [0.25, 0.3) is 0 Å². The zero-order chi connectivity index (χ0) is 20.0. The molecule has 2 bridgehead atoms. The summed E-state index contributed by atoms with van der Waals surface area (Å²) in [6.07, 6.45) is 1.95. The molecule has 0 aliphatic carbocycles. The third-order valence-corrected chi connectivity index (χ3v) is 5.64. The number of nitriles is 3. The summed E-state index contributed by atoms with van der Waals surface area (Å²) in [5.74, 6) is -2.65. The van der Waals surface area contributed by atoms with E-state index in [1.165, 1.54) is 6.20 Å². The van der Waals surface area contributed by atoms with Crippen molar-refractivity contribution in [2.75, 3.05) is 0 Å². The SMILES string of the molecule is C[C@@]12OC(=N)[C@@](C#N)([C@@H]1c1ccccc1)C(C#N)(C#N)[C@@H](c1cccnc1)O2. The van der Waals surface area contributed by atoms with Crippen LogP contribution in [0.15, 0.2) is 54.9 Å². The minimum absolute atomic E-state index is 0.430. The number of aromatic nitrogens is 1. The van der Waals surface area contributed by atoms with E-state index in [0.29, 0.717) is 11.1 Å². The van der Waals surface area contributed by atoms with Gasteiger partial charge in [-0.25, -0.2) is 0 Å². The highest BCUT2D eigenvalue weighted by Gasteiger charge is 2.79. The number of nitrogens with zero attached hydrogens (tertiary/aromatic N) is 4. The fourth-order valence-electron chi connectivity index (χ4n) is 4.46. The van der Waals surface area contributed by atoms with E-state index in [4.69, 9.17) is 14.9 Å². The molecule has 3 heterocycles. The summed E-state index contributed by atoms with van der Waals surface area (Å²) in [6, 6.07) is 18.5. The van der Waals surface area contributed by atoms with Gasteiger partial charge in [0, 0.05) is 24.9 Å². The van der Waals surface area contributed by atoms with Gasteiger partial charge in [0.2, 0.25) is 17.1 Å². The normalized spacial score (nSPS) is 32.4. The van der Waals surface area contributed by atoms with Crippen molar-refractivity contribution in [3.05, 3.63) is 66.0 Å². The predicted molar refractivity (Wildman–Crippen MR) is 96.2 cm³/mol. The minimum Gasteiger partial charge on any atom is -0.447 e. The van der Waals surface area contributed by atoms with E-state index in [-0.39, 0.29) is 0 Å². The molecule has 2 saturated heterocycles. The first-order chi connectivity index (χ1) is 13.5. The fourth-order valence-corrected chi connectivity index (χ4v) is 4.46. The molecule has 1 N–H and O–H groups in total. The Kier molecular flexibility index (Phi) is 3.72. The summed E-state index contributed by atoms with van der Waals surface area (Å²) in [5, 5.41) is 39.2. The molecule has 1 aromatic heterocycles. The van der Waals surface area contributed by atoms with Gasteiger partial charge in [-0.1, -0.05) is 36.4 Å². The molecular weight excluding hydrogens is 354 g/mol. The Morgan fingerprint density at radius 3 is 2.25 bits per heavy atom. The molecule has 2 aromatic rings. The van der Waals surface area contributed by atoms with Gasteiger partial charge in [-0.3, -0.25) is 10.4 Å². The number of hydrogen-bond acceptors (Lipinski definition) is 7. The molecule has 7 heteroatoms. The summed E-state index contributed by atoms with van der Waals surface area (Å²) >= 11 is 0. The van der Waals surface area contributed by atoms with Crippen LogP contribution in [0.3, 0.4) is 0 Å². The summed E-state index contributed by atoms with van der Waals surface area (Å²) < 4.78 is 12.0. The average Bonchev–Trinajstić information content (AvgIpc) is 2.92. The van der Waals surface area contributed by atoms with Crippen LogP contribution in [0.2, 0.25) is 0 Å². The lowest BCUT2D eigenvalue weighted by molar-refractivity contribution is -0.253. The Balaban J connectivity index is 2.05. The molecule has 1 aromatic carbocycles. The molecule has 0 unspecified atom stereocenters. The van der Waals surface area contributed by atoms with E-state index < -0.39 is 34.5 Å². The smallest absolute Gasteiger partial charge is 0.218 e. The van der Waals surface area contributed by atoms with Crippen LogP contribution in [0.4, 0.5) is 0 Å². The van der Waals surface area contributed by atoms with Gasteiger partial charge >= 0.3 is 0 Å². The molecule has 2 fully saturated rings. The van der Waals surface area contributed by atoms with Crippen LogP contribution >= 0.6 is 0 Å². The Hall–Kier alpha value is -3.73. The van der Waals surface area contributed by atoms with Crippen LogP contribution < -0.4 is 0 Å². The van der Waals surface area contributed by atoms with E-state index in [1.54, 1.807) is 49.5 Å². The highest BCUT2D eigenvalue weighted by molar-refractivity contribution is 5.90. The van der Waals surface area contributed by atoms with Crippen molar-refractivity contribution < 1.29 is 9.47 Å². The molecule has 0 amide bonds. The molecule has 136 valence electrons. The lowest BCUT2D eigenvalue weighted by Gasteiger charge is -2.48. The van der Waals surface area contributed by atoms with Gasteiger partial charge < -0.3 is 9.47 Å². The first-order valence-electron chi connectivity index (χ1n) is 8.63. The third kappa shape index (κ3) is 1.93. The van der Waals surface area contributed by atoms with E-state index in [2.05, 4.69) is 11.1 Å². The summed E-state index contributed by atoms with van der Waals surface area (Å²) in [6.45, 7) is 1.64. The minimum atomic E-state index is -2.00. The number of nitrogens with one attached hydrogen (secondary N) is 1. The maximum atomic E-state index is 10.3. The van der Waals surface area contributed by atoms with Crippen molar-refractivity contribution in [3.63, 3.8) is 0 Å². The number of hydrogen-bond donors (Lipinski definition) is 1. The molecule has 7 nitrogen and oxygen atoms in total. The number of benzene rings is 1. The lowest BCUT2D eigenvalue weighted by Crippen LogP contribution is -2.57. The zero-order valence-electron chi connectivity index (χ0n) is 15.0. The maximum absolute atomic E-state index is 10.3. The number of pyridine rings is 1. The quantitative estimate of drug-likeness (QED) is 0.866. The Bertz CT molecular complexity index is 1050. The first-order valence-corrected chi connectivity index (χ1v) is 8.63. The zero-order valence-corrected chi connectivity index (χ0v) is 15.0. The van der Waals surface area contributed by atoms with E-state index >= 15 is 0 Å². The monoisotopic (exact) mass is 369 g/mol. The Labute approximate surface area is 161 Å². The van der Waals surface area contributed by atoms with Gasteiger partial charge in [-0.05, 0) is 11.6 Å². The molecule has 0 radical (unpaired) electrons. The Morgan fingerprint density at radius 1 is 1.00 bits per heavy atom. The lowest BCUT2D eigenvalue weighted by atomic mass is 9.52. The summed E-state index contributed by atoms with van der Waals surface area (Å²) in [7, 11) is 0. The van der Waals surface area contributed by atoms with Crippen molar-refractivity contribution in [3.8, 4) is 18.2 Å². The molecular formula is C21H15N5O2. The van der Waals surface area contributed by atoms with Crippen LogP contribution in [0.1, 0.15) is 30.1 Å². The van der Waals surface area contributed by atoms with Crippen LogP contribution in [-0.4, -0.2) is 16.7 Å². The average molecular weight is 369 g/mol. The van der Waals surface area contributed by atoms with Crippen molar-refractivity contribution in [2.24, 2.45) is 10.8 Å². The highest BCUT2D eigenvalue weighted by Crippen LogP contribution is 2.69. The fraction of sp³-hybridized carbons (Fsp3) is 0.286. The van der Waals surface area contributed by atoms with Gasteiger partial charge in [-0.2, -0.15) is 15.8 Å².